The maximum atomic E-state index is 13.9. The molecule has 4 atom stereocenters. The van der Waals surface area contributed by atoms with Crippen LogP contribution in [0.3, 0.4) is 0 Å². The van der Waals surface area contributed by atoms with Gasteiger partial charge in [-0.2, -0.15) is 0 Å². The summed E-state index contributed by atoms with van der Waals surface area (Å²) in [6.45, 7) is 1.57. The second-order valence-corrected chi connectivity index (χ2v) is 10.7. The number of phenols is 2. The Balaban J connectivity index is 1.47. The summed E-state index contributed by atoms with van der Waals surface area (Å²) in [7, 11) is 1.40. The first-order valence-corrected chi connectivity index (χ1v) is 13.0. The van der Waals surface area contributed by atoms with E-state index in [0.29, 0.717) is 22.3 Å². The maximum Gasteiger partial charge on any atom is 0.339 e. The van der Waals surface area contributed by atoms with E-state index >= 15 is 0 Å². The molecule has 4 aliphatic rings. The maximum absolute atomic E-state index is 13.9. The molecule has 1 saturated heterocycles. The van der Waals surface area contributed by atoms with Crippen molar-refractivity contribution < 1.29 is 44.0 Å². The van der Waals surface area contributed by atoms with Crippen molar-refractivity contribution in [2.24, 2.45) is 17.8 Å². The van der Waals surface area contributed by atoms with Gasteiger partial charge in [0.05, 0.1) is 24.6 Å². The Morgan fingerprint density at radius 2 is 1.73 bits per heavy atom. The van der Waals surface area contributed by atoms with E-state index in [1.807, 2.05) is 6.08 Å². The first-order chi connectivity index (χ1) is 19.5. The van der Waals surface area contributed by atoms with Gasteiger partial charge in [-0.05, 0) is 61.6 Å². The van der Waals surface area contributed by atoms with Crippen LogP contribution in [0.15, 0.2) is 70.8 Å². The number of anilines is 1. The average Bonchev–Trinajstić information content (AvgIpc) is 3.20. The highest BCUT2D eigenvalue weighted by atomic mass is 16.5. The van der Waals surface area contributed by atoms with Crippen molar-refractivity contribution in [3.05, 3.63) is 82.0 Å². The lowest BCUT2D eigenvalue weighted by molar-refractivity contribution is -0.123. The van der Waals surface area contributed by atoms with Crippen molar-refractivity contribution in [2.75, 3.05) is 12.0 Å². The Morgan fingerprint density at radius 1 is 0.976 bits per heavy atom. The van der Waals surface area contributed by atoms with Crippen LogP contribution in [-0.2, 0) is 19.2 Å². The lowest BCUT2D eigenvalue weighted by Gasteiger charge is -2.42. The highest BCUT2D eigenvalue weighted by Gasteiger charge is 2.56. The van der Waals surface area contributed by atoms with Crippen LogP contribution in [0.2, 0.25) is 0 Å². The van der Waals surface area contributed by atoms with E-state index in [1.54, 1.807) is 19.1 Å². The van der Waals surface area contributed by atoms with Gasteiger partial charge < -0.3 is 20.1 Å². The number of carbonyl (C=O) groups is 5. The van der Waals surface area contributed by atoms with E-state index in [9.17, 15) is 39.3 Å². The number of ketones is 2. The number of carboxylic acids is 1. The van der Waals surface area contributed by atoms with Crippen molar-refractivity contribution in [2.45, 2.75) is 25.7 Å². The molecule has 0 saturated carbocycles. The molecular formula is C31H25NO9. The second kappa shape index (κ2) is 9.29. The molecule has 0 aromatic heterocycles. The molecule has 10 nitrogen and oxygen atoms in total. The number of nitrogens with zero attached hydrogens (tertiary/aromatic N) is 1. The number of benzene rings is 2. The number of methoxy groups -OCH3 is 1. The zero-order valence-corrected chi connectivity index (χ0v) is 22.1. The van der Waals surface area contributed by atoms with Crippen molar-refractivity contribution >= 4 is 35.0 Å². The van der Waals surface area contributed by atoms with E-state index in [1.165, 1.54) is 25.3 Å². The van der Waals surface area contributed by atoms with Gasteiger partial charge in [-0.1, -0.05) is 17.7 Å². The topological polar surface area (TPSA) is 159 Å². The van der Waals surface area contributed by atoms with E-state index in [4.69, 9.17) is 4.74 Å². The number of ether oxygens (including phenoxy) is 1. The molecule has 1 aliphatic heterocycles. The SMILES string of the molecule is COc1cc([C@H]2C3=CC[C@@H]4C(=O)N(c5ccc(C(=O)O)c(O)c5)C(=O)[C@@H]4[C@@H]3CC3=C2C(=O)C=C(C)C3=O)ccc1O. The monoisotopic (exact) mass is 555 g/mol. The summed E-state index contributed by atoms with van der Waals surface area (Å²) < 4.78 is 5.30. The summed E-state index contributed by atoms with van der Waals surface area (Å²) in [6.07, 6.45) is 3.49. The Hall–Kier alpha value is -4.99. The number of allylic oxidation sites excluding steroid dienone is 6. The fourth-order valence-corrected chi connectivity index (χ4v) is 6.73. The molecule has 2 aromatic rings. The van der Waals surface area contributed by atoms with Gasteiger partial charge in [0.1, 0.15) is 11.3 Å². The van der Waals surface area contributed by atoms with Crippen LogP contribution >= 0.6 is 0 Å². The number of hydrogen-bond acceptors (Lipinski definition) is 8. The molecular weight excluding hydrogens is 530 g/mol. The quantitative estimate of drug-likeness (QED) is 0.292. The lowest BCUT2D eigenvalue weighted by Crippen LogP contribution is -2.39. The number of fused-ring (bicyclic) bond motifs is 3. The summed E-state index contributed by atoms with van der Waals surface area (Å²) in [5, 5.41) is 29.7. The van der Waals surface area contributed by atoms with Crippen molar-refractivity contribution in [1.82, 2.24) is 0 Å². The smallest absolute Gasteiger partial charge is 0.339 e. The van der Waals surface area contributed by atoms with Crippen LogP contribution in [0, 0.1) is 17.8 Å². The van der Waals surface area contributed by atoms with E-state index < -0.39 is 47.2 Å². The number of Topliss-reactive ketones (excluding diaryl/α,β-unsaturated/α-hetero) is 1. The highest BCUT2D eigenvalue weighted by molar-refractivity contribution is 6.25. The molecule has 2 aromatic carbocycles. The van der Waals surface area contributed by atoms with Crippen molar-refractivity contribution in [1.29, 1.82) is 0 Å². The molecule has 41 heavy (non-hydrogen) atoms. The standard InChI is InChI=1S/C31H25NO9/c1-13-9-23(35)27-20(28(13)36)12-19-16(25(27)14-3-8-21(33)24(10-14)41-2)6-7-18-26(19)30(38)32(29(18)37)15-4-5-17(31(39)40)22(34)11-15/h3-6,8-11,18-19,25-26,33-34H,7,12H2,1-2H3,(H,39,40)/t18-,19+,25-,26-/m0/s1. The Morgan fingerprint density at radius 3 is 2.41 bits per heavy atom. The predicted octanol–water partition coefficient (Wildman–Crippen LogP) is 3.44. The summed E-state index contributed by atoms with van der Waals surface area (Å²) in [5.41, 5.74) is 1.93. The number of amides is 2. The van der Waals surface area contributed by atoms with Crippen molar-refractivity contribution in [3.8, 4) is 17.2 Å². The summed E-state index contributed by atoms with van der Waals surface area (Å²) in [5.74, 6) is -6.29. The number of carboxylic acid groups (broad SMARTS) is 1. The van der Waals surface area contributed by atoms with Gasteiger partial charge in [0.15, 0.2) is 23.1 Å². The van der Waals surface area contributed by atoms with Crippen molar-refractivity contribution in [3.63, 3.8) is 0 Å². The number of imide groups is 1. The van der Waals surface area contributed by atoms with Crippen LogP contribution in [0.25, 0.3) is 0 Å². The molecule has 3 aliphatic carbocycles. The number of carbonyl (C=O) groups excluding carboxylic acids is 4. The van der Waals surface area contributed by atoms with Crippen LogP contribution < -0.4 is 9.64 Å². The number of rotatable bonds is 4. The van der Waals surface area contributed by atoms with E-state index in [0.717, 1.165) is 22.6 Å². The molecule has 0 unspecified atom stereocenters. The van der Waals surface area contributed by atoms with Crippen LogP contribution in [0.1, 0.15) is 41.6 Å². The third-order valence-electron chi connectivity index (χ3n) is 8.57. The number of aromatic carboxylic acids is 1. The van der Waals surface area contributed by atoms with Gasteiger partial charge >= 0.3 is 5.97 Å². The van der Waals surface area contributed by atoms with Gasteiger partial charge in [0, 0.05) is 28.7 Å². The molecule has 208 valence electrons. The Labute approximate surface area is 233 Å². The van der Waals surface area contributed by atoms with Gasteiger partial charge in [-0.25, -0.2) is 9.69 Å². The van der Waals surface area contributed by atoms with Gasteiger partial charge in [-0.3, -0.25) is 19.2 Å². The molecule has 3 N–H and O–H groups in total. The molecule has 6 rings (SSSR count). The average molecular weight is 556 g/mol. The molecule has 1 fully saturated rings. The van der Waals surface area contributed by atoms with Gasteiger partial charge in [0.2, 0.25) is 11.8 Å². The zero-order valence-electron chi connectivity index (χ0n) is 22.1. The fourth-order valence-electron chi connectivity index (χ4n) is 6.73. The predicted molar refractivity (Wildman–Crippen MR) is 144 cm³/mol. The minimum absolute atomic E-state index is 0.0525. The third kappa shape index (κ3) is 3.81. The second-order valence-electron chi connectivity index (χ2n) is 10.7. The summed E-state index contributed by atoms with van der Waals surface area (Å²) in [6, 6.07) is 8.20. The minimum atomic E-state index is -1.35. The van der Waals surface area contributed by atoms with Gasteiger partial charge in [-0.15, -0.1) is 0 Å². The van der Waals surface area contributed by atoms with Crippen LogP contribution in [0.4, 0.5) is 5.69 Å². The molecule has 0 spiro atoms. The Kier molecular flexibility index (Phi) is 5.95. The third-order valence-corrected chi connectivity index (χ3v) is 8.57. The van der Waals surface area contributed by atoms with E-state index in [-0.39, 0.29) is 47.2 Å². The summed E-state index contributed by atoms with van der Waals surface area (Å²) >= 11 is 0. The molecule has 0 radical (unpaired) electrons. The number of hydrogen-bond donors (Lipinski definition) is 3. The fraction of sp³-hybridized carbons (Fsp3) is 0.258. The van der Waals surface area contributed by atoms with Crippen LogP contribution in [0.5, 0.6) is 17.2 Å². The number of phenolic OH excluding ortho intramolecular Hbond substituents is 1. The molecule has 10 heteroatoms. The Bertz CT molecular complexity index is 1690. The zero-order chi connectivity index (χ0) is 29.3. The summed E-state index contributed by atoms with van der Waals surface area (Å²) in [4.78, 5) is 66.6. The largest absolute Gasteiger partial charge is 0.507 e. The highest BCUT2D eigenvalue weighted by Crippen LogP contribution is 2.56. The normalized spacial score (nSPS) is 25.4. The van der Waals surface area contributed by atoms with E-state index in [2.05, 4.69) is 0 Å². The first kappa shape index (κ1) is 26.2. The number of aromatic hydroxyl groups is 2. The molecule has 1 heterocycles. The lowest BCUT2D eigenvalue weighted by atomic mass is 9.59. The minimum Gasteiger partial charge on any atom is -0.507 e. The first-order valence-electron chi connectivity index (χ1n) is 13.0. The molecule has 0 bridgehead atoms. The van der Waals surface area contributed by atoms with Gasteiger partial charge in [0.25, 0.3) is 0 Å². The van der Waals surface area contributed by atoms with Crippen LogP contribution in [-0.4, -0.2) is 51.8 Å². The molecule has 2 amide bonds.